The summed E-state index contributed by atoms with van der Waals surface area (Å²) in [5.74, 6) is 1.55. The van der Waals surface area contributed by atoms with Crippen molar-refractivity contribution in [1.29, 1.82) is 0 Å². The van der Waals surface area contributed by atoms with Crippen LogP contribution in [-0.4, -0.2) is 7.11 Å². The van der Waals surface area contributed by atoms with Crippen LogP contribution in [0, 0.1) is 0 Å². The van der Waals surface area contributed by atoms with Crippen molar-refractivity contribution in [3.05, 3.63) is 27.7 Å². The van der Waals surface area contributed by atoms with Crippen LogP contribution >= 0.6 is 15.9 Å². The van der Waals surface area contributed by atoms with Gasteiger partial charge in [-0.25, -0.2) is 0 Å². The van der Waals surface area contributed by atoms with Crippen molar-refractivity contribution in [3.8, 4) is 5.75 Å². The highest BCUT2D eigenvalue weighted by Crippen LogP contribution is 2.35. The smallest absolute Gasteiger partial charge is 0.122 e. The van der Waals surface area contributed by atoms with E-state index in [1.807, 2.05) is 0 Å². The molecule has 0 saturated carbocycles. The lowest BCUT2D eigenvalue weighted by molar-refractivity contribution is 0.407. The molecule has 0 fully saturated rings. The summed E-state index contributed by atoms with van der Waals surface area (Å²) < 4.78 is 6.67. The first-order valence-corrected chi connectivity index (χ1v) is 6.76. The fourth-order valence-electron chi connectivity index (χ4n) is 2.04. The third kappa shape index (κ3) is 3.00. The number of hydrogen-bond acceptors (Lipinski definition) is 1. The monoisotopic (exact) mass is 284 g/mol. The third-order valence-electron chi connectivity index (χ3n) is 2.84. The van der Waals surface area contributed by atoms with E-state index in [0.29, 0.717) is 5.92 Å². The van der Waals surface area contributed by atoms with Gasteiger partial charge in [0.15, 0.2) is 0 Å². The molecule has 0 spiro atoms. The molecular formula is C14H21BrO. The molecule has 1 rings (SSSR count). The first-order chi connectivity index (χ1) is 7.61. The van der Waals surface area contributed by atoms with Crippen LogP contribution < -0.4 is 4.74 Å². The number of unbranched alkanes of at least 4 members (excludes halogenated alkanes) is 1. The maximum atomic E-state index is 5.47. The van der Waals surface area contributed by atoms with E-state index in [0.717, 1.165) is 12.2 Å². The van der Waals surface area contributed by atoms with Crippen LogP contribution in [-0.2, 0) is 6.42 Å². The number of rotatable bonds is 5. The largest absolute Gasteiger partial charge is 0.496 e. The summed E-state index contributed by atoms with van der Waals surface area (Å²) in [4.78, 5) is 0. The van der Waals surface area contributed by atoms with Crippen molar-refractivity contribution in [1.82, 2.24) is 0 Å². The molecule has 1 nitrogen and oxygen atoms in total. The summed E-state index contributed by atoms with van der Waals surface area (Å²) in [5, 5.41) is 0. The minimum absolute atomic E-state index is 0.524. The van der Waals surface area contributed by atoms with Crippen molar-refractivity contribution in [2.24, 2.45) is 0 Å². The summed E-state index contributed by atoms with van der Waals surface area (Å²) in [5.41, 5.74) is 2.77. The second-order valence-electron chi connectivity index (χ2n) is 4.40. The molecule has 1 aromatic rings. The highest BCUT2D eigenvalue weighted by atomic mass is 79.9. The van der Waals surface area contributed by atoms with Crippen LogP contribution in [0.15, 0.2) is 16.6 Å². The van der Waals surface area contributed by atoms with E-state index in [1.54, 1.807) is 7.11 Å². The molecule has 16 heavy (non-hydrogen) atoms. The molecule has 0 radical (unpaired) electrons. The quantitative estimate of drug-likeness (QED) is 0.745. The van der Waals surface area contributed by atoms with E-state index >= 15 is 0 Å². The molecule has 0 bridgehead atoms. The van der Waals surface area contributed by atoms with Crippen LogP contribution in [0.1, 0.15) is 50.7 Å². The first kappa shape index (κ1) is 13.6. The minimum Gasteiger partial charge on any atom is -0.496 e. The standard InChI is InChI=1S/C14H21BrO/c1-5-6-7-11-13(16-4)9-8-12(15)14(11)10(2)3/h8-10H,5-7H2,1-4H3. The first-order valence-electron chi connectivity index (χ1n) is 5.97. The maximum absolute atomic E-state index is 5.47. The Balaban J connectivity index is 3.19. The number of hydrogen-bond donors (Lipinski definition) is 0. The number of methoxy groups -OCH3 is 1. The third-order valence-corrected chi connectivity index (χ3v) is 3.53. The molecule has 0 aliphatic carbocycles. The zero-order valence-corrected chi connectivity index (χ0v) is 12.2. The van der Waals surface area contributed by atoms with Gasteiger partial charge in [-0.2, -0.15) is 0 Å². The van der Waals surface area contributed by atoms with Gasteiger partial charge in [0, 0.05) is 4.47 Å². The van der Waals surface area contributed by atoms with E-state index in [9.17, 15) is 0 Å². The molecule has 1 aromatic carbocycles. The van der Waals surface area contributed by atoms with E-state index in [4.69, 9.17) is 4.74 Å². The average Bonchev–Trinajstić information content (AvgIpc) is 2.25. The fraction of sp³-hybridized carbons (Fsp3) is 0.571. The fourth-order valence-corrected chi connectivity index (χ4v) is 2.87. The number of ether oxygens (including phenoxy) is 1. The maximum Gasteiger partial charge on any atom is 0.122 e. The van der Waals surface area contributed by atoms with Crippen LogP contribution in [0.25, 0.3) is 0 Å². The minimum atomic E-state index is 0.524. The van der Waals surface area contributed by atoms with Crippen molar-refractivity contribution < 1.29 is 4.74 Å². The molecule has 0 amide bonds. The molecule has 90 valence electrons. The Morgan fingerprint density at radius 3 is 2.50 bits per heavy atom. The second-order valence-corrected chi connectivity index (χ2v) is 5.25. The number of benzene rings is 1. The van der Waals surface area contributed by atoms with E-state index < -0.39 is 0 Å². The Labute approximate surface area is 107 Å². The van der Waals surface area contributed by atoms with Gasteiger partial charge < -0.3 is 4.74 Å². The Hall–Kier alpha value is -0.500. The predicted molar refractivity (Wildman–Crippen MR) is 73.4 cm³/mol. The Morgan fingerprint density at radius 1 is 1.31 bits per heavy atom. The van der Waals surface area contributed by atoms with Gasteiger partial charge in [0.05, 0.1) is 7.11 Å². The SMILES string of the molecule is CCCCc1c(OC)ccc(Br)c1C(C)C. The van der Waals surface area contributed by atoms with Gasteiger partial charge in [0.2, 0.25) is 0 Å². The van der Waals surface area contributed by atoms with Crippen LogP contribution in [0.2, 0.25) is 0 Å². The Bertz CT molecular complexity index is 345. The lowest BCUT2D eigenvalue weighted by Crippen LogP contribution is -2.01. The van der Waals surface area contributed by atoms with E-state index in [-0.39, 0.29) is 0 Å². The summed E-state index contributed by atoms with van der Waals surface area (Å²) >= 11 is 3.65. The van der Waals surface area contributed by atoms with Crippen molar-refractivity contribution in [2.45, 2.75) is 46.0 Å². The normalized spacial score (nSPS) is 10.9. The molecular weight excluding hydrogens is 264 g/mol. The molecule has 0 N–H and O–H groups in total. The number of halogens is 1. The van der Waals surface area contributed by atoms with Crippen LogP contribution in [0.5, 0.6) is 5.75 Å². The van der Waals surface area contributed by atoms with Gasteiger partial charge in [-0.1, -0.05) is 43.1 Å². The van der Waals surface area contributed by atoms with Crippen molar-refractivity contribution in [3.63, 3.8) is 0 Å². The molecule has 0 atom stereocenters. The molecule has 0 aliphatic rings. The van der Waals surface area contributed by atoms with E-state index in [1.165, 1.54) is 28.4 Å². The molecule has 0 aromatic heterocycles. The molecule has 0 aliphatic heterocycles. The molecule has 0 heterocycles. The topological polar surface area (TPSA) is 9.23 Å². The van der Waals surface area contributed by atoms with Gasteiger partial charge in [-0.15, -0.1) is 0 Å². The van der Waals surface area contributed by atoms with Crippen LogP contribution in [0.4, 0.5) is 0 Å². The van der Waals surface area contributed by atoms with Gasteiger partial charge in [0.25, 0.3) is 0 Å². The van der Waals surface area contributed by atoms with Gasteiger partial charge in [-0.3, -0.25) is 0 Å². The lowest BCUT2D eigenvalue weighted by atomic mass is 9.93. The zero-order valence-electron chi connectivity index (χ0n) is 10.6. The Kier molecular flexibility index (Phi) is 5.33. The summed E-state index contributed by atoms with van der Waals surface area (Å²) in [6.45, 7) is 6.68. The second kappa shape index (κ2) is 6.29. The highest BCUT2D eigenvalue weighted by molar-refractivity contribution is 9.10. The zero-order chi connectivity index (χ0) is 12.1. The lowest BCUT2D eigenvalue weighted by Gasteiger charge is -2.18. The predicted octanol–water partition coefficient (Wildman–Crippen LogP) is 4.92. The highest BCUT2D eigenvalue weighted by Gasteiger charge is 2.14. The Morgan fingerprint density at radius 2 is 2.00 bits per heavy atom. The van der Waals surface area contributed by atoms with Gasteiger partial charge in [-0.05, 0) is 42.0 Å². The molecule has 2 heteroatoms. The van der Waals surface area contributed by atoms with Crippen molar-refractivity contribution >= 4 is 15.9 Å². The summed E-state index contributed by atoms with van der Waals surface area (Å²) in [6, 6.07) is 4.14. The average molecular weight is 285 g/mol. The molecule has 0 saturated heterocycles. The molecule has 0 unspecified atom stereocenters. The van der Waals surface area contributed by atoms with Crippen LogP contribution in [0.3, 0.4) is 0 Å². The van der Waals surface area contributed by atoms with Gasteiger partial charge >= 0.3 is 0 Å². The summed E-state index contributed by atoms with van der Waals surface area (Å²) in [7, 11) is 1.75. The summed E-state index contributed by atoms with van der Waals surface area (Å²) in [6.07, 6.45) is 3.53. The van der Waals surface area contributed by atoms with E-state index in [2.05, 4.69) is 48.8 Å². The van der Waals surface area contributed by atoms with Crippen molar-refractivity contribution in [2.75, 3.05) is 7.11 Å². The van der Waals surface area contributed by atoms with Gasteiger partial charge in [0.1, 0.15) is 5.75 Å².